The number of sulfonamides is 1. The molecular weight excluding hydrogens is 336 g/mol. The van der Waals surface area contributed by atoms with E-state index >= 15 is 0 Å². The zero-order valence-electron chi connectivity index (χ0n) is 12.7. The van der Waals surface area contributed by atoms with E-state index in [1.165, 1.54) is 28.8 Å². The van der Waals surface area contributed by atoms with Crippen LogP contribution < -0.4 is 4.72 Å². The van der Waals surface area contributed by atoms with Crippen LogP contribution in [0.5, 0.6) is 0 Å². The van der Waals surface area contributed by atoms with E-state index in [-0.39, 0.29) is 17.2 Å². The molecule has 24 heavy (non-hydrogen) atoms. The van der Waals surface area contributed by atoms with Gasteiger partial charge in [-0.3, -0.25) is 14.8 Å². The van der Waals surface area contributed by atoms with E-state index in [0.717, 1.165) is 0 Å². The van der Waals surface area contributed by atoms with Gasteiger partial charge in [-0.2, -0.15) is 13.4 Å². The van der Waals surface area contributed by atoms with Crippen molar-refractivity contribution in [1.82, 2.24) is 19.6 Å². The Balaban J connectivity index is 1.95. The van der Waals surface area contributed by atoms with Gasteiger partial charge in [0.2, 0.25) is 0 Å². The largest absolute Gasteiger partial charge is 0.299 e. The van der Waals surface area contributed by atoms with Gasteiger partial charge in [-0.05, 0) is 32.0 Å². The maximum atomic E-state index is 12.4. The monoisotopic (exact) mass is 348 g/mol. The summed E-state index contributed by atoms with van der Waals surface area (Å²) in [6.07, 6.45) is 0. The molecular formula is C13H12N6O4S. The first kappa shape index (κ1) is 15.8. The lowest BCUT2D eigenvalue weighted by molar-refractivity contribution is -0.384. The van der Waals surface area contributed by atoms with Crippen molar-refractivity contribution < 1.29 is 13.3 Å². The van der Waals surface area contributed by atoms with E-state index in [1.54, 1.807) is 19.9 Å². The molecule has 3 rings (SSSR count). The molecule has 0 radical (unpaired) electrons. The van der Waals surface area contributed by atoms with E-state index in [2.05, 4.69) is 19.8 Å². The molecule has 0 saturated heterocycles. The van der Waals surface area contributed by atoms with Crippen molar-refractivity contribution in [3.63, 3.8) is 0 Å². The lowest BCUT2D eigenvalue weighted by atomic mass is 10.3. The van der Waals surface area contributed by atoms with Gasteiger partial charge in [0.25, 0.3) is 26.6 Å². The first-order chi connectivity index (χ1) is 11.3. The Hall–Kier alpha value is -3.08. The molecule has 0 unspecified atom stereocenters. The van der Waals surface area contributed by atoms with Crippen LogP contribution in [0, 0.1) is 24.0 Å². The number of nitrogens with one attached hydrogen (secondary N) is 1. The minimum absolute atomic E-state index is 0.140. The van der Waals surface area contributed by atoms with Crippen molar-refractivity contribution in [1.29, 1.82) is 0 Å². The van der Waals surface area contributed by atoms with Gasteiger partial charge >= 0.3 is 0 Å². The number of hydrogen-bond acceptors (Lipinski definition) is 7. The molecule has 0 bridgehead atoms. The van der Waals surface area contributed by atoms with Crippen LogP contribution in [0.25, 0.3) is 5.78 Å². The number of fused-ring (bicyclic) bond motifs is 1. The number of aromatic nitrogens is 4. The van der Waals surface area contributed by atoms with Crippen molar-refractivity contribution in [2.24, 2.45) is 0 Å². The summed E-state index contributed by atoms with van der Waals surface area (Å²) in [7, 11) is -4.04. The van der Waals surface area contributed by atoms with Crippen LogP contribution in [0.2, 0.25) is 0 Å². The van der Waals surface area contributed by atoms with Crippen LogP contribution in [-0.2, 0) is 10.0 Å². The molecule has 10 nitrogen and oxygen atoms in total. The molecule has 0 aliphatic carbocycles. The lowest BCUT2D eigenvalue weighted by Gasteiger charge is -2.04. The lowest BCUT2D eigenvalue weighted by Crippen LogP contribution is -2.14. The Labute approximate surface area is 136 Å². The standard InChI is InChI=1S/C13H12N6O4S/c1-8-7-9(2)18-12(14-8)15-13(16-18)24(22,23)17-10-3-5-11(6-4-10)19(20)21/h3-7,17H,1-2H3. The Morgan fingerprint density at radius 2 is 1.83 bits per heavy atom. The fourth-order valence-corrected chi connectivity index (χ4v) is 3.04. The van der Waals surface area contributed by atoms with Gasteiger partial charge in [-0.25, -0.2) is 9.50 Å². The number of rotatable bonds is 4. The summed E-state index contributed by atoms with van der Waals surface area (Å²) >= 11 is 0. The predicted octanol–water partition coefficient (Wildman–Crippen LogP) is 1.45. The highest BCUT2D eigenvalue weighted by Gasteiger charge is 2.22. The molecule has 11 heteroatoms. The third-order valence-electron chi connectivity index (χ3n) is 3.17. The number of nitro benzene ring substituents is 1. The normalized spacial score (nSPS) is 11.6. The van der Waals surface area contributed by atoms with E-state index < -0.39 is 20.1 Å². The Morgan fingerprint density at radius 3 is 2.46 bits per heavy atom. The number of nitro groups is 1. The van der Waals surface area contributed by atoms with Crippen LogP contribution in [-0.4, -0.2) is 32.9 Å². The summed E-state index contributed by atoms with van der Waals surface area (Å²) in [5, 5.41) is 14.1. The van der Waals surface area contributed by atoms with Crippen LogP contribution in [0.1, 0.15) is 11.4 Å². The summed E-state index contributed by atoms with van der Waals surface area (Å²) < 4.78 is 28.4. The average Bonchev–Trinajstić information content (AvgIpc) is 2.92. The minimum atomic E-state index is -4.04. The zero-order valence-corrected chi connectivity index (χ0v) is 13.5. The average molecular weight is 348 g/mol. The fourth-order valence-electron chi connectivity index (χ4n) is 2.11. The summed E-state index contributed by atoms with van der Waals surface area (Å²) in [5.74, 6) is 0.177. The highest BCUT2D eigenvalue weighted by molar-refractivity contribution is 7.92. The first-order valence-corrected chi connectivity index (χ1v) is 8.23. The van der Waals surface area contributed by atoms with Gasteiger partial charge in [0.15, 0.2) is 0 Å². The van der Waals surface area contributed by atoms with Gasteiger partial charge < -0.3 is 0 Å². The van der Waals surface area contributed by atoms with E-state index in [0.29, 0.717) is 11.4 Å². The minimum Gasteiger partial charge on any atom is -0.277 e. The molecule has 0 saturated carbocycles. The Morgan fingerprint density at radius 1 is 1.17 bits per heavy atom. The molecule has 1 aromatic carbocycles. The third-order valence-corrected chi connectivity index (χ3v) is 4.33. The van der Waals surface area contributed by atoms with Crippen LogP contribution in [0.4, 0.5) is 11.4 Å². The van der Waals surface area contributed by atoms with Gasteiger partial charge in [-0.1, -0.05) is 0 Å². The molecule has 0 fully saturated rings. The van der Waals surface area contributed by atoms with Crippen molar-refractivity contribution in [2.45, 2.75) is 19.0 Å². The van der Waals surface area contributed by atoms with E-state index in [1.807, 2.05) is 0 Å². The van der Waals surface area contributed by atoms with E-state index in [4.69, 9.17) is 0 Å². The number of hydrogen-bond donors (Lipinski definition) is 1. The molecule has 0 spiro atoms. The number of non-ortho nitro benzene ring substituents is 1. The molecule has 3 aromatic rings. The molecule has 0 aliphatic heterocycles. The van der Waals surface area contributed by atoms with Crippen molar-refractivity contribution in [3.8, 4) is 0 Å². The first-order valence-electron chi connectivity index (χ1n) is 6.74. The molecule has 0 amide bonds. The number of nitrogens with zero attached hydrogens (tertiary/aromatic N) is 5. The highest BCUT2D eigenvalue weighted by atomic mass is 32.2. The summed E-state index contributed by atoms with van der Waals surface area (Å²) in [4.78, 5) is 18.1. The molecule has 124 valence electrons. The molecule has 1 N–H and O–H groups in total. The van der Waals surface area contributed by atoms with Gasteiger partial charge in [0.05, 0.1) is 4.92 Å². The molecule has 2 aromatic heterocycles. The van der Waals surface area contributed by atoms with Crippen LogP contribution in [0.3, 0.4) is 0 Å². The fraction of sp³-hybridized carbons (Fsp3) is 0.154. The predicted molar refractivity (Wildman–Crippen MR) is 84.2 cm³/mol. The smallest absolute Gasteiger partial charge is 0.277 e. The second-order valence-corrected chi connectivity index (χ2v) is 6.63. The zero-order chi connectivity index (χ0) is 17.5. The second kappa shape index (κ2) is 5.53. The molecule has 2 heterocycles. The van der Waals surface area contributed by atoms with Crippen molar-refractivity contribution in [3.05, 3.63) is 51.8 Å². The Kier molecular flexibility index (Phi) is 3.64. The third kappa shape index (κ3) is 2.88. The quantitative estimate of drug-likeness (QED) is 0.557. The Bertz CT molecular complexity index is 1040. The van der Waals surface area contributed by atoms with Gasteiger partial charge in [0, 0.05) is 29.2 Å². The second-order valence-electron chi connectivity index (χ2n) is 5.05. The molecule has 0 aliphatic rings. The van der Waals surface area contributed by atoms with Crippen molar-refractivity contribution in [2.75, 3.05) is 4.72 Å². The summed E-state index contributed by atoms with van der Waals surface area (Å²) in [5.41, 5.74) is 1.42. The van der Waals surface area contributed by atoms with Gasteiger partial charge in [0.1, 0.15) is 0 Å². The number of aryl methyl sites for hydroxylation is 2. The molecule has 0 atom stereocenters. The highest BCUT2D eigenvalue weighted by Crippen LogP contribution is 2.18. The number of benzene rings is 1. The topological polar surface area (TPSA) is 132 Å². The summed E-state index contributed by atoms with van der Waals surface area (Å²) in [6.45, 7) is 3.53. The maximum Gasteiger partial charge on any atom is 0.299 e. The van der Waals surface area contributed by atoms with Crippen LogP contribution >= 0.6 is 0 Å². The van der Waals surface area contributed by atoms with Gasteiger partial charge in [-0.15, -0.1) is 5.10 Å². The van der Waals surface area contributed by atoms with Crippen LogP contribution in [0.15, 0.2) is 35.5 Å². The maximum absolute atomic E-state index is 12.4. The SMILES string of the molecule is Cc1cc(C)n2nc(S(=O)(=O)Nc3ccc([N+](=O)[O-])cc3)nc2n1. The van der Waals surface area contributed by atoms with Crippen molar-refractivity contribution >= 4 is 27.2 Å². The summed E-state index contributed by atoms with van der Waals surface area (Å²) in [6, 6.07) is 6.73. The number of anilines is 1. The van der Waals surface area contributed by atoms with E-state index in [9.17, 15) is 18.5 Å².